The molecule has 0 amide bonds. The van der Waals surface area contributed by atoms with Gasteiger partial charge in [-0.2, -0.15) is 0 Å². The molecule has 3 aromatic rings. The molecule has 4 heteroatoms. The molecule has 0 radical (unpaired) electrons. The highest BCUT2D eigenvalue weighted by Gasteiger charge is 2.67. The lowest BCUT2D eigenvalue weighted by atomic mass is 9.86. The summed E-state index contributed by atoms with van der Waals surface area (Å²) in [5, 5.41) is 0. The van der Waals surface area contributed by atoms with Gasteiger partial charge in [-0.25, -0.2) is 8.42 Å². The van der Waals surface area contributed by atoms with Crippen LogP contribution in [0.4, 0.5) is 0 Å². The summed E-state index contributed by atoms with van der Waals surface area (Å²) in [6, 6.07) is 27.9. The molecule has 5 rings (SSSR count). The van der Waals surface area contributed by atoms with E-state index in [0.29, 0.717) is 16.7 Å². The van der Waals surface area contributed by atoms with E-state index in [9.17, 15) is 8.42 Å². The Hall–Kier alpha value is -2.43. The third-order valence-electron chi connectivity index (χ3n) is 7.90. The molecule has 1 aliphatic heterocycles. The minimum atomic E-state index is -3.33. The number of likely N-dealkylation sites (tertiary alicyclic amines) is 1. The normalized spacial score (nSPS) is 24.5. The summed E-state index contributed by atoms with van der Waals surface area (Å²) < 4.78 is 25.8. The van der Waals surface area contributed by atoms with Gasteiger partial charge in [0.25, 0.3) is 0 Å². The van der Waals surface area contributed by atoms with Gasteiger partial charge >= 0.3 is 0 Å². The van der Waals surface area contributed by atoms with E-state index in [-0.39, 0.29) is 11.2 Å². The summed E-state index contributed by atoms with van der Waals surface area (Å²) in [4.78, 5) is 3.03. The highest BCUT2D eigenvalue weighted by atomic mass is 32.2. The number of hydrogen-bond acceptors (Lipinski definition) is 3. The second kappa shape index (κ2) is 9.08. The molecule has 2 unspecified atom stereocenters. The van der Waals surface area contributed by atoms with Gasteiger partial charge in [-0.05, 0) is 66.5 Å². The summed E-state index contributed by atoms with van der Waals surface area (Å²) in [5.74, 6) is 1.45. The average Bonchev–Trinajstić information content (AvgIpc) is 3.22. The Balaban J connectivity index is 1.23. The van der Waals surface area contributed by atoms with Crippen LogP contribution in [0.3, 0.4) is 0 Å². The van der Waals surface area contributed by atoms with Gasteiger partial charge in [0.15, 0.2) is 9.84 Å². The Labute approximate surface area is 198 Å². The molecule has 0 aromatic heterocycles. The van der Waals surface area contributed by atoms with E-state index >= 15 is 0 Å². The number of piperidine rings is 1. The second-order valence-electron chi connectivity index (χ2n) is 9.73. The third-order valence-corrected chi connectivity index (χ3v) is 9.60. The number of aryl methyl sites for hydroxylation is 1. The number of sulfone groups is 1. The molecule has 33 heavy (non-hydrogen) atoms. The van der Waals surface area contributed by atoms with Crippen LogP contribution < -0.4 is 0 Å². The Morgan fingerprint density at radius 3 is 2.15 bits per heavy atom. The van der Waals surface area contributed by atoms with Crippen LogP contribution in [0.1, 0.15) is 36.5 Å². The lowest BCUT2D eigenvalue weighted by Crippen LogP contribution is -2.31. The van der Waals surface area contributed by atoms with Crippen LogP contribution in [-0.4, -0.2) is 33.0 Å². The summed E-state index contributed by atoms with van der Waals surface area (Å²) in [6.45, 7) is 5.79. The van der Waals surface area contributed by atoms with E-state index in [0.717, 1.165) is 24.9 Å². The number of nitrogens with zero attached hydrogens (tertiary/aromatic N) is 1. The molecule has 1 heterocycles. The molecule has 172 valence electrons. The Bertz CT molecular complexity index is 1180. The molecule has 3 aromatic carbocycles. The van der Waals surface area contributed by atoms with Crippen LogP contribution in [-0.2, 0) is 27.4 Å². The van der Waals surface area contributed by atoms with Gasteiger partial charge in [0, 0.05) is 18.5 Å². The van der Waals surface area contributed by atoms with Crippen molar-refractivity contribution in [1.82, 2.24) is 4.90 Å². The number of fused-ring (bicyclic) bond motifs is 1. The molecule has 2 fully saturated rings. The van der Waals surface area contributed by atoms with E-state index in [1.54, 1.807) is 24.3 Å². The molecular formula is C29H33NO2S. The van der Waals surface area contributed by atoms with Gasteiger partial charge in [0.2, 0.25) is 0 Å². The first kappa shape index (κ1) is 22.4. The van der Waals surface area contributed by atoms with E-state index < -0.39 is 9.84 Å². The first-order chi connectivity index (χ1) is 16.0. The summed E-state index contributed by atoms with van der Waals surface area (Å²) in [7, 11) is -3.33. The molecule has 3 nitrogen and oxygen atoms in total. The van der Waals surface area contributed by atoms with Crippen LogP contribution in [0.5, 0.6) is 0 Å². The third kappa shape index (κ3) is 4.39. The standard InChI is InChI=1S/C29H33NO2S/c1-2-29(27-20-30(21-28(27)29)18-10-14-23-11-5-3-6-12-23)25-15-9-13-24(19-25)22-33(31,32)26-16-7-4-8-17-26/h3-9,11-13,15-17,19,27-28H,2,10,14,18,20-22H2,1H3. The monoisotopic (exact) mass is 459 g/mol. The van der Waals surface area contributed by atoms with Crippen LogP contribution in [0, 0.1) is 11.8 Å². The SMILES string of the molecule is CCC1(c2cccc(CS(=O)(=O)c3ccccc3)c2)C2CN(CCCc3ccccc3)CC21. The summed E-state index contributed by atoms with van der Waals surface area (Å²) >= 11 is 0. The lowest BCUT2D eigenvalue weighted by Gasteiger charge is -2.27. The van der Waals surface area contributed by atoms with E-state index in [2.05, 4.69) is 54.3 Å². The molecule has 2 atom stereocenters. The molecule has 0 spiro atoms. The van der Waals surface area contributed by atoms with Gasteiger partial charge in [-0.3, -0.25) is 0 Å². The van der Waals surface area contributed by atoms with Crippen molar-refractivity contribution < 1.29 is 8.42 Å². The van der Waals surface area contributed by atoms with Crippen LogP contribution in [0.2, 0.25) is 0 Å². The van der Waals surface area contributed by atoms with Crippen molar-refractivity contribution in [2.75, 3.05) is 19.6 Å². The molecule has 0 bridgehead atoms. The largest absolute Gasteiger partial charge is 0.303 e. The maximum absolute atomic E-state index is 12.9. The smallest absolute Gasteiger partial charge is 0.182 e. The van der Waals surface area contributed by atoms with E-state index in [4.69, 9.17) is 0 Å². The van der Waals surface area contributed by atoms with Gasteiger partial charge in [0.05, 0.1) is 10.6 Å². The first-order valence-corrected chi connectivity index (χ1v) is 13.8. The van der Waals surface area contributed by atoms with Crippen molar-refractivity contribution in [3.63, 3.8) is 0 Å². The highest BCUT2D eigenvalue weighted by Crippen LogP contribution is 2.65. The minimum Gasteiger partial charge on any atom is -0.303 e. The average molecular weight is 460 g/mol. The molecule has 2 aliphatic rings. The van der Waals surface area contributed by atoms with Gasteiger partial charge in [-0.1, -0.05) is 79.7 Å². The number of benzene rings is 3. The van der Waals surface area contributed by atoms with Crippen molar-refractivity contribution in [2.24, 2.45) is 11.8 Å². The zero-order chi connectivity index (χ0) is 22.9. The van der Waals surface area contributed by atoms with E-state index in [1.807, 2.05) is 18.2 Å². The summed E-state index contributed by atoms with van der Waals surface area (Å²) in [6.07, 6.45) is 3.47. The zero-order valence-corrected chi connectivity index (χ0v) is 20.2. The molecule has 1 saturated heterocycles. The van der Waals surface area contributed by atoms with Gasteiger partial charge < -0.3 is 4.90 Å². The zero-order valence-electron chi connectivity index (χ0n) is 19.4. The maximum atomic E-state index is 12.9. The predicted molar refractivity (Wildman–Crippen MR) is 134 cm³/mol. The van der Waals surface area contributed by atoms with Crippen molar-refractivity contribution in [3.05, 3.63) is 102 Å². The maximum Gasteiger partial charge on any atom is 0.182 e. The van der Waals surface area contributed by atoms with Crippen molar-refractivity contribution >= 4 is 9.84 Å². The molecule has 0 N–H and O–H groups in total. The second-order valence-corrected chi connectivity index (χ2v) is 11.7. The fourth-order valence-electron chi connectivity index (χ4n) is 6.19. The number of rotatable bonds is 9. The lowest BCUT2D eigenvalue weighted by molar-refractivity contribution is 0.266. The van der Waals surface area contributed by atoms with E-state index in [1.165, 1.54) is 30.6 Å². The highest BCUT2D eigenvalue weighted by molar-refractivity contribution is 7.90. The molecule has 1 aliphatic carbocycles. The Morgan fingerprint density at radius 1 is 0.848 bits per heavy atom. The van der Waals surface area contributed by atoms with Crippen molar-refractivity contribution in [1.29, 1.82) is 0 Å². The minimum absolute atomic E-state index is 0.0611. The Kier molecular flexibility index (Phi) is 6.15. The van der Waals surface area contributed by atoms with Crippen LogP contribution >= 0.6 is 0 Å². The fourth-order valence-corrected chi connectivity index (χ4v) is 7.54. The molecule has 1 saturated carbocycles. The summed E-state index contributed by atoms with van der Waals surface area (Å²) in [5.41, 5.74) is 3.88. The van der Waals surface area contributed by atoms with Crippen molar-refractivity contribution in [2.45, 2.75) is 42.2 Å². The van der Waals surface area contributed by atoms with Gasteiger partial charge in [0.1, 0.15) is 0 Å². The Morgan fingerprint density at radius 2 is 1.48 bits per heavy atom. The van der Waals surface area contributed by atoms with Crippen LogP contribution in [0.15, 0.2) is 89.8 Å². The topological polar surface area (TPSA) is 37.4 Å². The first-order valence-electron chi connectivity index (χ1n) is 12.2. The number of hydrogen-bond donors (Lipinski definition) is 0. The predicted octanol–water partition coefficient (Wildman–Crippen LogP) is 5.50. The quantitative estimate of drug-likeness (QED) is 0.424. The van der Waals surface area contributed by atoms with Gasteiger partial charge in [-0.15, -0.1) is 0 Å². The van der Waals surface area contributed by atoms with Crippen LogP contribution in [0.25, 0.3) is 0 Å². The van der Waals surface area contributed by atoms with Crippen molar-refractivity contribution in [3.8, 4) is 0 Å². The molecular weight excluding hydrogens is 426 g/mol. The fraction of sp³-hybridized carbons (Fsp3) is 0.379.